The van der Waals surface area contributed by atoms with Crippen molar-refractivity contribution in [2.75, 3.05) is 61.8 Å². The van der Waals surface area contributed by atoms with Crippen molar-refractivity contribution in [3.8, 4) is 0 Å². The van der Waals surface area contributed by atoms with Crippen LogP contribution in [-0.2, 0) is 10.0 Å². The summed E-state index contributed by atoms with van der Waals surface area (Å²) in [6.07, 6.45) is 0.961. The summed E-state index contributed by atoms with van der Waals surface area (Å²) in [6, 6.07) is 9.06. The second-order valence-corrected chi connectivity index (χ2v) is 10.5. The highest BCUT2D eigenvalue weighted by Crippen LogP contribution is 2.29. The van der Waals surface area contributed by atoms with Gasteiger partial charge in [0.1, 0.15) is 5.82 Å². The van der Waals surface area contributed by atoms with Crippen molar-refractivity contribution in [2.45, 2.75) is 23.8 Å². The number of nitrogen functional groups attached to an aromatic ring is 1. The molecule has 0 aromatic heterocycles. The maximum absolute atomic E-state index is 14.3. The third kappa shape index (κ3) is 4.96. The van der Waals surface area contributed by atoms with Crippen LogP contribution in [0.15, 0.2) is 41.3 Å². The number of halogens is 1. The minimum absolute atomic E-state index is 0.00207. The molecule has 2 aromatic rings. The number of hydrogen-bond donors (Lipinski definition) is 3. The van der Waals surface area contributed by atoms with Gasteiger partial charge in [0.2, 0.25) is 10.0 Å². The normalized spacial score (nSPS) is 19.4. The van der Waals surface area contributed by atoms with Crippen LogP contribution in [0.5, 0.6) is 0 Å². The number of sulfonamides is 1. The number of nitrogens with zero attached hydrogens (tertiary/aromatic N) is 3. The third-order valence-corrected chi connectivity index (χ3v) is 7.81. The molecule has 2 aliphatic rings. The molecule has 9 nitrogen and oxygen atoms in total. The summed E-state index contributed by atoms with van der Waals surface area (Å²) >= 11 is 0. The van der Waals surface area contributed by atoms with Crippen LogP contribution in [0.25, 0.3) is 0 Å². The molecule has 34 heavy (non-hydrogen) atoms. The van der Waals surface area contributed by atoms with Gasteiger partial charge in [0, 0.05) is 50.6 Å². The van der Waals surface area contributed by atoms with Gasteiger partial charge in [-0.25, -0.2) is 17.5 Å². The number of hydrogen-bond acceptors (Lipinski definition) is 7. The minimum Gasteiger partial charge on any atom is -0.399 e. The number of piperidine rings is 1. The van der Waals surface area contributed by atoms with E-state index in [9.17, 15) is 22.7 Å². The van der Waals surface area contributed by atoms with Crippen molar-refractivity contribution in [3.05, 3.63) is 47.8 Å². The van der Waals surface area contributed by atoms with Crippen LogP contribution in [0.2, 0.25) is 0 Å². The number of benzene rings is 2. The van der Waals surface area contributed by atoms with E-state index >= 15 is 0 Å². The molecule has 1 unspecified atom stereocenters. The quantitative estimate of drug-likeness (QED) is 0.539. The van der Waals surface area contributed by atoms with Crippen molar-refractivity contribution in [3.63, 3.8) is 0 Å². The number of aliphatic hydroxyl groups excluding tert-OH is 1. The number of carbonyl (C=O) groups is 1. The Labute approximate surface area is 199 Å². The van der Waals surface area contributed by atoms with Gasteiger partial charge in [0.15, 0.2) is 0 Å². The third-order valence-electron chi connectivity index (χ3n) is 6.39. The highest BCUT2D eigenvalue weighted by atomic mass is 32.2. The molecule has 0 radical (unpaired) electrons. The Kier molecular flexibility index (Phi) is 6.96. The van der Waals surface area contributed by atoms with Gasteiger partial charge in [0.25, 0.3) is 5.91 Å². The first kappa shape index (κ1) is 24.2. The van der Waals surface area contributed by atoms with Crippen LogP contribution in [-0.4, -0.2) is 76.8 Å². The predicted molar refractivity (Wildman–Crippen MR) is 129 cm³/mol. The van der Waals surface area contributed by atoms with Crippen LogP contribution in [0, 0.1) is 5.82 Å². The van der Waals surface area contributed by atoms with Crippen LogP contribution in [0.4, 0.5) is 21.5 Å². The summed E-state index contributed by atoms with van der Waals surface area (Å²) in [5.41, 5.74) is 7.31. The van der Waals surface area contributed by atoms with E-state index in [-0.39, 0.29) is 16.4 Å². The SMILES string of the molecule is CNS(=O)(=O)c1ccc(N2CCCC(O)C2)c(C(=O)N2CCN(c3ccc(N)cc3F)CC2)c1. The summed E-state index contributed by atoms with van der Waals surface area (Å²) in [5.74, 6) is -0.698. The lowest BCUT2D eigenvalue weighted by molar-refractivity contribution is 0.0746. The Morgan fingerprint density at radius 3 is 2.41 bits per heavy atom. The molecule has 0 aliphatic carbocycles. The monoisotopic (exact) mass is 491 g/mol. The van der Waals surface area contributed by atoms with Gasteiger partial charge >= 0.3 is 0 Å². The minimum atomic E-state index is -3.75. The zero-order chi connectivity index (χ0) is 24.5. The first-order valence-electron chi connectivity index (χ1n) is 11.3. The summed E-state index contributed by atoms with van der Waals surface area (Å²) in [5, 5.41) is 10.1. The fourth-order valence-electron chi connectivity index (χ4n) is 4.52. The molecule has 4 rings (SSSR count). The molecule has 2 fully saturated rings. The lowest BCUT2D eigenvalue weighted by Crippen LogP contribution is -2.49. The number of carbonyl (C=O) groups excluding carboxylic acids is 1. The Morgan fingerprint density at radius 2 is 1.76 bits per heavy atom. The summed E-state index contributed by atoms with van der Waals surface area (Å²) in [6.45, 7) is 2.61. The van der Waals surface area contributed by atoms with Crippen LogP contribution in [0.3, 0.4) is 0 Å². The number of β-amino-alcohol motifs (C(OH)–C–C–N with tert-alkyl or cyclic N) is 1. The molecule has 4 N–H and O–H groups in total. The molecule has 2 aromatic carbocycles. The van der Waals surface area contributed by atoms with E-state index in [0.717, 1.165) is 6.42 Å². The van der Waals surface area contributed by atoms with E-state index in [0.29, 0.717) is 62.8 Å². The number of nitrogens with one attached hydrogen (secondary N) is 1. The number of anilines is 3. The standard InChI is InChI=1S/C23H30FN5O4S/c1-26-34(32,33)18-5-7-21(29-8-2-3-17(30)15-29)19(14-18)23(31)28-11-9-27(10-12-28)22-6-4-16(25)13-20(22)24/h4-7,13-14,17,26,30H,2-3,8-12,15,25H2,1H3. The Morgan fingerprint density at radius 1 is 1.06 bits per heavy atom. The Hall–Kier alpha value is -2.89. The molecule has 0 saturated carbocycles. The van der Waals surface area contributed by atoms with Gasteiger partial charge in [-0.1, -0.05) is 0 Å². The molecule has 2 aliphatic heterocycles. The van der Waals surface area contributed by atoms with Crippen molar-refractivity contribution in [2.24, 2.45) is 0 Å². The Balaban J connectivity index is 1.59. The van der Waals surface area contributed by atoms with Crippen molar-refractivity contribution < 1.29 is 22.7 Å². The van der Waals surface area contributed by atoms with Gasteiger partial charge in [-0.15, -0.1) is 0 Å². The van der Waals surface area contributed by atoms with Gasteiger partial charge in [-0.2, -0.15) is 0 Å². The summed E-state index contributed by atoms with van der Waals surface area (Å²) in [4.78, 5) is 19.0. The zero-order valence-corrected chi connectivity index (χ0v) is 19.9. The highest BCUT2D eigenvalue weighted by molar-refractivity contribution is 7.89. The maximum atomic E-state index is 14.3. The van der Waals surface area contributed by atoms with Crippen molar-refractivity contribution >= 4 is 33.0 Å². The van der Waals surface area contributed by atoms with E-state index in [2.05, 4.69) is 4.72 Å². The lowest BCUT2D eigenvalue weighted by atomic mass is 10.0. The van der Waals surface area contributed by atoms with E-state index in [1.54, 1.807) is 23.1 Å². The molecule has 184 valence electrons. The Bertz CT molecular complexity index is 1170. The number of aliphatic hydroxyl groups is 1. The number of nitrogens with two attached hydrogens (primary N) is 1. The summed E-state index contributed by atoms with van der Waals surface area (Å²) in [7, 11) is -2.42. The van der Waals surface area contributed by atoms with Crippen LogP contribution >= 0.6 is 0 Å². The number of piperazine rings is 1. The first-order chi connectivity index (χ1) is 16.2. The molecule has 0 bridgehead atoms. The molecule has 1 amide bonds. The van der Waals surface area contributed by atoms with E-state index in [1.807, 2.05) is 9.80 Å². The maximum Gasteiger partial charge on any atom is 0.256 e. The second kappa shape index (κ2) is 9.77. The fourth-order valence-corrected chi connectivity index (χ4v) is 5.28. The molecule has 2 saturated heterocycles. The lowest BCUT2D eigenvalue weighted by Gasteiger charge is -2.38. The molecular weight excluding hydrogens is 461 g/mol. The van der Waals surface area contributed by atoms with E-state index in [4.69, 9.17) is 5.73 Å². The van der Waals surface area contributed by atoms with Crippen LogP contribution in [0.1, 0.15) is 23.2 Å². The average Bonchev–Trinajstić information content (AvgIpc) is 2.83. The number of amides is 1. The number of rotatable bonds is 5. The molecule has 11 heteroatoms. The summed E-state index contributed by atoms with van der Waals surface area (Å²) < 4.78 is 41.4. The largest absolute Gasteiger partial charge is 0.399 e. The molecule has 0 spiro atoms. The van der Waals surface area contributed by atoms with Crippen molar-refractivity contribution in [1.82, 2.24) is 9.62 Å². The smallest absolute Gasteiger partial charge is 0.256 e. The van der Waals surface area contributed by atoms with E-state index in [1.165, 1.54) is 25.2 Å². The van der Waals surface area contributed by atoms with Crippen molar-refractivity contribution in [1.29, 1.82) is 0 Å². The second-order valence-electron chi connectivity index (χ2n) is 8.62. The predicted octanol–water partition coefficient (Wildman–Crippen LogP) is 1.24. The van der Waals surface area contributed by atoms with Gasteiger partial charge in [0.05, 0.1) is 22.3 Å². The zero-order valence-electron chi connectivity index (χ0n) is 19.1. The van der Waals surface area contributed by atoms with Gasteiger partial charge in [-0.3, -0.25) is 4.79 Å². The van der Waals surface area contributed by atoms with Gasteiger partial charge < -0.3 is 25.5 Å². The molecular formula is C23H30FN5O4S. The molecule has 2 heterocycles. The highest BCUT2D eigenvalue weighted by Gasteiger charge is 2.29. The fraction of sp³-hybridized carbons (Fsp3) is 0.435. The van der Waals surface area contributed by atoms with Gasteiger partial charge in [-0.05, 0) is 56.3 Å². The average molecular weight is 492 g/mol. The first-order valence-corrected chi connectivity index (χ1v) is 12.8. The van der Waals surface area contributed by atoms with E-state index < -0.39 is 21.9 Å². The molecule has 1 atom stereocenters. The topological polar surface area (TPSA) is 119 Å². The van der Waals surface area contributed by atoms with Crippen LogP contribution < -0.4 is 20.3 Å².